The Labute approximate surface area is 205 Å². The number of hydrogen-bond acceptors (Lipinski definition) is 6. The van der Waals surface area contributed by atoms with Crippen molar-refractivity contribution in [1.29, 1.82) is 0 Å². The van der Waals surface area contributed by atoms with Gasteiger partial charge in [-0.2, -0.15) is 5.23 Å². The SMILES string of the molecule is COc1oc([C@@H]2C[C@@]3(CO2)[C@H](c2ccc([NH+]([O-])O)cc2)[C@]2(C)C=C(C)C=C(C)[C@@H]23)c(C)c(=O)c1C. The molecule has 2 fully saturated rings. The van der Waals surface area contributed by atoms with Gasteiger partial charge in [0, 0.05) is 34.4 Å². The quantitative estimate of drug-likeness (QED) is 0.630. The molecule has 7 nitrogen and oxygen atoms in total. The molecular formula is C28H33NO6. The number of benzene rings is 1. The third kappa shape index (κ3) is 3.37. The van der Waals surface area contributed by atoms with Crippen LogP contribution in [0.3, 0.4) is 0 Å². The maximum Gasteiger partial charge on any atom is 0.291 e. The number of fused-ring (bicyclic) bond motifs is 2. The maximum absolute atomic E-state index is 12.9. The van der Waals surface area contributed by atoms with Crippen LogP contribution in [0.4, 0.5) is 5.69 Å². The third-order valence-electron chi connectivity index (χ3n) is 8.49. The van der Waals surface area contributed by atoms with Gasteiger partial charge >= 0.3 is 0 Å². The summed E-state index contributed by atoms with van der Waals surface area (Å²) in [4.78, 5) is 12.9. The van der Waals surface area contributed by atoms with E-state index in [-0.39, 0.29) is 45.8 Å². The molecule has 2 aliphatic carbocycles. The first-order chi connectivity index (χ1) is 16.5. The number of ether oxygens (including phenoxy) is 2. The van der Waals surface area contributed by atoms with Crippen molar-refractivity contribution in [1.82, 2.24) is 0 Å². The van der Waals surface area contributed by atoms with Crippen molar-refractivity contribution in [2.45, 2.75) is 53.1 Å². The number of quaternary nitrogens is 1. The standard InChI is InChI=1S/C28H33NO6/c1-15-11-16(2)24-27(5,12-15)25(19-7-9-20(10-8-19)29(31)32)28(24)13-21(34-14-28)23-17(3)22(30)18(4)26(33-6)35-23/h7-12,21,24-25,29,31H,13-14H2,1-6H3/t21-,24-,25+,27+,28-/m0/s1. The molecular weight excluding hydrogens is 446 g/mol. The van der Waals surface area contributed by atoms with Crippen LogP contribution in [0.15, 0.2) is 56.8 Å². The van der Waals surface area contributed by atoms with Gasteiger partial charge in [0.1, 0.15) is 11.9 Å². The normalized spacial score (nSPS) is 32.5. The molecule has 1 spiro atoms. The van der Waals surface area contributed by atoms with Crippen LogP contribution in [0, 0.1) is 35.8 Å². The molecule has 1 saturated carbocycles. The summed E-state index contributed by atoms with van der Waals surface area (Å²) in [5.41, 5.74) is 4.56. The van der Waals surface area contributed by atoms with Gasteiger partial charge in [-0.1, -0.05) is 42.4 Å². The number of hydrogen-bond donors (Lipinski definition) is 2. The molecule has 1 aromatic heterocycles. The second-order valence-electron chi connectivity index (χ2n) is 10.7. The molecule has 0 radical (unpaired) electrons. The van der Waals surface area contributed by atoms with Crippen LogP contribution in [-0.4, -0.2) is 18.9 Å². The van der Waals surface area contributed by atoms with E-state index in [4.69, 9.17) is 13.9 Å². The molecule has 1 unspecified atom stereocenters. The van der Waals surface area contributed by atoms with Crippen molar-refractivity contribution in [2.75, 3.05) is 13.7 Å². The topological polar surface area (TPSA) is 96.4 Å². The fraction of sp³-hybridized carbons (Fsp3) is 0.464. The van der Waals surface area contributed by atoms with E-state index in [0.29, 0.717) is 29.9 Å². The first-order valence-corrected chi connectivity index (χ1v) is 12.0. The van der Waals surface area contributed by atoms with E-state index in [9.17, 15) is 15.2 Å². The molecule has 2 N–H and O–H groups in total. The predicted molar refractivity (Wildman–Crippen MR) is 131 cm³/mol. The molecule has 1 aliphatic heterocycles. The second-order valence-corrected chi connectivity index (χ2v) is 10.7. The second kappa shape index (κ2) is 8.17. The molecule has 3 aliphatic rings. The lowest BCUT2D eigenvalue weighted by atomic mass is 9.35. The average molecular weight is 480 g/mol. The molecule has 35 heavy (non-hydrogen) atoms. The molecule has 0 bridgehead atoms. The first-order valence-electron chi connectivity index (χ1n) is 12.0. The largest absolute Gasteiger partial charge is 0.595 e. The van der Waals surface area contributed by atoms with E-state index in [0.717, 1.165) is 5.56 Å². The predicted octanol–water partition coefficient (Wildman–Crippen LogP) is 4.44. The van der Waals surface area contributed by atoms with Crippen LogP contribution in [0.5, 0.6) is 5.95 Å². The zero-order chi connectivity index (χ0) is 25.3. The number of methoxy groups -OCH3 is 1. The van der Waals surface area contributed by atoms with Gasteiger partial charge in [-0.25, -0.2) is 5.21 Å². The molecule has 5 rings (SSSR count). The minimum absolute atomic E-state index is 0.0841. The van der Waals surface area contributed by atoms with Gasteiger partial charge in [0.25, 0.3) is 5.95 Å². The third-order valence-corrected chi connectivity index (χ3v) is 8.49. The first kappa shape index (κ1) is 24.0. The molecule has 1 saturated heterocycles. The summed E-state index contributed by atoms with van der Waals surface area (Å²) < 4.78 is 17.8. The molecule has 1 aromatic carbocycles. The van der Waals surface area contributed by atoms with Crippen LogP contribution < -0.4 is 15.4 Å². The summed E-state index contributed by atoms with van der Waals surface area (Å²) in [5, 5.41) is 19.9. The molecule has 0 amide bonds. The van der Waals surface area contributed by atoms with Crippen LogP contribution >= 0.6 is 0 Å². The van der Waals surface area contributed by atoms with E-state index in [1.807, 2.05) is 12.1 Å². The zero-order valence-electron chi connectivity index (χ0n) is 21.1. The van der Waals surface area contributed by atoms with E-state index in [2.05, 4.69) is 32.9 Å². The smallest absolute Gasteiger partial charge is 0.291 e. The molecule has 186 valence electrons. The van der Waals surface area contributed by atoms with Gasteiger partial charge in [-0.05, 0) is 45.6 Å². The van der Waals surface area contributed by atoms with E-state index in [1.165, 1.54) is 18.3 Å². The Morgan fingerprint density at radius 3 is 2.43 bits per heavy atom. The summed E-state index contributed by atoms with van der Waals surface area (Å²) in [6, 6.07) is 7.26. The lowest BCUT2D eigenvalue weighted by molar-refractivity contribution is -0.991. The summed E-state index contributed by atoms with van der Waals surface area (Å²) in [6.45, 7) is 10.6. The summed E-state index contributed by atoms with van der Waals surface area (Å²) in [7, 11) is 1.50. The van der Waals surface area contributed by atoms with Crippen molar-refractivity contribution < 1.29 is 24.3 Å². The fourth-order valence-electron chi connectivity index (χ4n) is 7.60. The molecule has 2 aromatic rings. The minimum Gasteiger partial charge on any atom is -0.595 e. The highest BCUT2D eigenvalue weighted by Gasteiger charge is 2.71. The van der Waals surface area contributed by atoms with Crippen molar-refractivity contribution >= 4 is 5.69 Å². The lowest BCUT2D eigenvalue weighted by Gasteiger charge is -2.67. The number of allylic oxidation sites excluding steroid dienone is 4. The van der Waals surface area contributed by atoms with Crippen molar-refractivity contribution in [3.63, 3.8) is 0 Å². The Morgan fingerprint density at radius 2 is 1.80 bits per heavy atom. The Morgan fingerprint density at radius 1 is 1.11 bits per heavy atom. The molecule has 7 heteroatoms. The average Bonchev–Trinajstić information content (AvgIpc) is 3.23. The Kier molecular flexibility index (Phi) is 5.60. The minimum atomic E-state index is -0.931. The van der Waals surface area contributed by atoms with Crippen molar-refractivity contribution in [3.05, 3.63) is 85.4 Å². The summed E-state index contributed by atoms with van der Waals surface area (Å²) in [6.07, 6.45) is 4.96. The van der Waals surface area contributed by atoms with Crippen molar-refractivity contribution in [3.8, 4) is 5.95 Å². The van der Waals surface area contributed by atoms with E-state index >= 15 is 0 Å². The molecule has 2 heterocycles. The van der Waals surface area contributed by atoms with Crippen LogP contribution in [0.25, 0.3) is 0 Å². The molecule has 6 atom stereocenters. The zero-order valence-corrected chi connectivity index (χ0v) is 21.1. The van der Waals surface area contributed by atoms with Crippen LogP contribution in [0.1, 0.15) is 61.7 Å². The van der Waals surface area contributed by atoms with Crippen LogP contribution in [0.2, 0.25) is 0 Å². The highest BCUT2D eigenvalue weighted by molar-refractivity contribution is 5.48. The fourth-order valence-corrected chi connectivity index (χ4v) is 7.60. The van der Waals surface area contributed by atoms with Gasteiger partial charge in [0.15, 0.2) is 11.1 Å². The van der Waals surface area contributed by atoms with Gasteiger partial charge in [-0.15, -0.1) is 0 Å². The lowest BCUT2D eigenvalue weighted by Crippen LogP contribution is -2.99. The summed E-state index contributed by atoms with van der Waals surface area (Å²) >= 11 is 0. The van der Waals surface area contributed by atoms with Gasteiger partial charge < -0.3 is 19.1 Å². The highest BCUT2D eigenvalue weighted by atomic mass is 16.8. The van der Waals surface area contributed by atoms with Crippen LogP contribution in [-0.2, 0) is 4.74 Å². The van der Waals surface area contributed by atoms with Gasteiger partial charge in [-0.3, -0.25) is 4.79 Å². The van der Waals surface area contributed by atoms with Gasteiger partial charge in [0.2, 0.25) is 0 Å². The highest BCUT2D eigenvalue weighted by Crippen LogP contribution is 2.76. The number of nitrogens with one attached hydrogen (secondary N) is 1. The monoisotopic (exact) mass is 479 g/mol. The summed E-state index contributed by atoms with van der Waals surface area (Å²) in [5.74, 6) is 1.16. The Hall–Kier alpha value is -2.71. The maximum atomic E-state index is 12.9. The van der Waals surface area contributed by atoms with E-state index < -0.39 is 5.23 Å². The Bertz CT molecular complexity index is 1290. The van der Waals surface area contributed by atoms with E-state index in [1.54, 1.807) is 26.0 Å². The van der Waals surface area contributed by atoms with Gasteiger partial charge in [0.05, 0.1) is 19.3 Å². The Balaban J connectivity index is 1.59. The van der Waals surface area contributed by atoms with Crippen molar-refractivity contribution in [2.24, 2.45) is 16.7 Å². The number of rotatable bonds is 4.